The van der Waals surface area contributed by atoms with E-state index in [0.717, 1.165) is 156 Å². The molecule has 4 amide bonds. The molecule has 0 radical (unpaired) electrons. The monoisotopic (exact) mass is 1550 g/mol. The SMILES string of the molecule is CC(C)(C)OC(=O)N1CCC(Cc2cccc(-c3cccc(CN)c3)c2)CC1.CCc1nc2c(cnn2CC)c(NC2CCOCC2)c1CNC(=O)c1cncc(C(=O)NCc2cccc(-c3cccc(CC4CCNCC4)c3)c2)c1.CCc1nc2c(cnn2CC)c(NC2CCOCC2)c1CNC(=O)c1cncc(C(=O)O)c1. The third kappa shape index (κ3) is 21.9. The predicted molar refractivity (Wildman–Crippen MR) is 444 cm³/mol. The Morgan fingerprint density at radius 2 is 0.921 bits per heavy atom. The molecule has 0 atom stereocenters. The van der Waals surface area contributed by atoms with E-state index in [1.165, 1.54) is 71.5 Å². The highest BCUT2D eigenvalue weighted by molar-refractivity contribution is 6.00. The maximum Gasteiger partial charge on any atom is 0.410 e. The number of likely N-dealkylation sites (tertiary alicyclic amines) is 1. The number of carboxylic acid groups (broad SMARTS) is 1. The number of ether oxygens (including phenoxy) is 3. The van der Waals surface area contributed by atoms with E-state index in [2.05, 4.69) is 151 Å². The number of carbonyl (C=O) groups excluding carboxylic acids is 4. The van der Waals surface area contributed by atoms with Gasteiger partial charge in [-0.2, -0.15) is 10.2 Å². The average molecular weight is 1550 g/mol. The number of carbonyl (C=O) groups is 5. The Hall–Kier alpha value is -11.0. The van der Waals surface area contributed by atoms with Gasteiger partial charge in [0.05, 0.1) is 56.8 Å². The van der Waals surface area contributed by atoms with Gasteiger partial charge in [0.1, 0.15) is 5.60 Å². The lowest BCUT2D eigenvalue weighted by Crippen LogP contribution is -2.42. The van der Waals surface area contributed by atoms with Crippen LogP contribution in [0.2, 0.25) is 0 Å². The van der Waals surface area contributed by atoms with Crippen LogP contribution in [0.3, 0.4) is 0 Å². The molecule has 9 N–H and O–H groups in total. The van der Waals surface area contributed by atoms with Crippen LogP contribution >= 0.6 is 0 Å². The summed E-state index contributed by atoms with van der Waals surface area (Å²) in [4.78, 5) is 82.9. The standard InChI is InChI=1S/C42H50N8O3.C24H32N2O2.C23H28N6O4/c1-3-38-36(39(48-35-13-17-53-18-14-35)37-27-47-50(4-2)40(37)49-38)26-46-42(52)34-22-33(24-44-25-34)41(51)45-23-30-8-6-10-32(21-30)31-9-5-7-29(20-31)19-28-11-15-43-16-12-28;1-24(2,3)28-23(27)26-12-10-18(11-13-26)14-19-6-4-8-21(15-19)22-9-5-7-20(16-22)17-25;1-3-19-17(12-25-22(30)14-9-15(23(31)32)11-24-10-14)20(27-16-5-7-33-8-6-16)18-13-26-29(4-2)21(18)28-19/h5-10,20-22,24-25,27-28,35,43H,3-4,11-19,23,26H2,1-2H3,(H,45,51)(H,46,52)(H,48,49);4-9,15-16,18H,10-14,17,25H2,1-3H3;9-11,13,16H,3-8,12H2,1-2H3,(H,25,30)(H,27,28)(H,31,32). The number of piperidine rings is 2. The molecule has 600 valence electrons. The number of aryl methyl sites for hydroxylation is 4. The van der Waals surface area contributed by atoms with Crippen LogP contribution in [0.15, 0.2) is 146 Å². The number of benzene rings is 4. The summed E-state index contributed by atoms with van der Waals surface area (Å²) in [6, 6.07) is 37.7. The molecule has 10 heterocycles. The van der Waals surface area contributed by atoms with E-state index in [4.69, 9.17) is 29.9 Å². The maximum absolute atomic E-state index is 13.5. The Bertz CT molecular complexity index is 4950. The van der Waals surface area contributed by atoms with Crippen molar-refractivity contribution in [3.05, 3.63) is 213 Å². The van der Waals surface area contributed by atoms with Gasteiger partial charge in [0.15, 0.2) is 11.3 Å². The molecular weight excluding hydrogens is 1440 g/mol. The van der Waals surface area contributed by atoms with E-state index in [1.54, 1.807) is 6.07 Å². The fourth-order valence-corrected chi connectivity index (χ4v) is 15.3. The number of nitrogens with zero attached hydrogens (tertiary/aromatic N) is 9. The molecule has 0 saturated carbocycles. The highest BCUT2D eigenvalue weighted by atomic mass is 16.6. The highest BCUT2D eigenvalue weighted by Gasteiger charge is 2.29. The lowest BCUT2D eigenvalue weighted by atomic mass is 9.89. The first kappa shape index (κ1) is 82.5. The van der Waals surface area contributed by atoms with E-state index in [-0.39, 0.29) is 54.2 Å². The number of anilines is 2. The first-order valence-corrected chi connectivity index (χ1v) is 40.5. The van der Waals surface area contributed by atoms with E-state index in [0.29, 0.717) is 82.5 Å². The second-order valence-electron chi connectivity index (χ2n) is 30.8. The zero-order chi connectivity index (χ0) is 80.1. The molecule has 25 heteroatoms. The zero-order valence-corrected chi connectivity index (χ0v) is 66.9. The molecule has 0 aliphatic carbocycles. The molecule has 4 aliphatic heterocycles. The summed E-state index contributed by atoms with van der Waals surface area (Å²) < 4.78 is 20.4. The van der Waals surface area contributed by atoms with Crippen LogP contribution in [0.5, 0.6) is 0 Å². The largest absolute Gasteiger partial charge is 0.478 e. The second kappa shape index (κ2) is 39.7. The number of carboxylic acids is 1. The summed E-state index contributed by atoms with van der Waals surface area (Å²) in [6.07, 6.45) is 20.7. The summed E-state index contributed by atoms with van der Waals surface area (Å²) >= 11 is 0. The van der Waals surface area contributed by atoms with Gasteiger partial charge in [-0.1, -0.05) is 98.8 Å². The lowest BCUT2D eigenvalue weighted by molar-refractivity contribution is 0.0183. The van der Waals surface area contributed by atoms with Crippen molar-refractivity contribution in [3.8, 4) is 22.3 Å². The Morgan fingerprint density at radius 3 is 1.35 bits per heavy atom. The summed E-state index contributed by atoms with van der Waals surface area (Å²) in [6.45, 7) is 23.3. The topological polar surface area (TPSA) is 322 Å². The molecule has 4 aliphatic rings. The van der Waals surface area contributed by atoms with Crippen LogP contribution < -0.4 is 37.6 Å². The fraction of sp³-hybridized carbons (Fsp3) is 0.427. The number of hydrogen-bond acceptors (Lipinski definition) is 18. The first-order valence-electron chi connectivity index (χ1n) is 40.5. The fourth-order valence-electron chi connectivity index (χ4n) is 15.3. The van der Waals surface area contributed by atoms with Crippen molar-refractivity contribution >= 4 is 63.2 Å². The quantitative estimate of drug-likeness (QED) is 0.0263. The number of amides is 4. The molecule has 0 spiro atoms. The van der Waals surface area contributed by atoms with E-state index in [9.17, 15) is 29.1 Å². The van der Waals surface area contributed by atoms with Crippen LogP contribution in [-0.2, 0) is 79.2 Å². The van der Waals surface area contributed by atoms with Crippen molar-refractivity contribution < 1.29 is 43.3 Å². The molecule has 25 nitrogen and oxygen atoms in total. The van der Waals surface area contributed by atoms with Crippen molar-refractivity contribution in [1.82, 2.24) is 65.7 Å². The van der Waals surface area contributed by atoms with Gasteiger partial charge in [0, 0.05) is 138 Å². The van der Waals surface area contributed by atoms with Gasteiger partial charge in [0.25, 0.3) is 17.7 Å². The number of fused-ring (bicyclic) bond motifs is 2. The number of rotatable bonds is 25. The third-order valence-electron chi connectivity index (χ3n) is 21.6. The van der Waals surface area contributed by atoms with Crippen molar-refractivity contribution in [2.24, 2.45) is 17.6 Å². The second-order valence-corrected chi connectivity index (χ2v) is 30.8. The molecule has 114 heavy (non-hydrogen) atoms. The number of pyridine rings is 4. The maximum atomic E-state index is 13.5. The average Bonchev–Trinajstić information content (AvgIpc) is 1.61. The van der Waals surface area contributed by atoms with Crippen molar-refractivity contribution in [3.63, 3.8) is 0 Å². The van der Waals surface area contributed by atoms with E-state index < -0.39 is 17.5 Å². The number of aromatic nitrogens is 8. The normalized spacial score (nSPS) is 15.1. The van der Waals surface area contributed by atoms with Gasteiger partial charge in [-0.05, 0) is 205 Å². The van der Waals surface area contributed by atoms with Crippen molar-refractivity contribution in [2.45, 2.75) is 182 Å². The van der Waals surface area contributed by atoms with Crippen LogP contribution in [-0.4, -0.2) is 150 Å². The molecule has 14 rings (SSSR count). The molecule has 4 saturated heterocycles. The van der Waals surface area contributed by atoms with Crippen LogP contribution in [0.4, 0.5) is 16.2 Å². The van der Waals surface area contributed by atoms with Gasteiger partial charge < -0.3 is 61.9 Å². The Kier molecular flexibility index (Phi) is 28.7. The van der Waals surface area contributed by atoms with E-state index >= 15 is 0 Å². The van der Waals surface area contributed by atoms with Crippen LogP contribution in [0.25, 0.3) is 44.3 Å². The van der Waals surface area contributed by atoms with E-state index in [1.807, 2.05) is 73.4 Å². The summed E-state index contributed by atoms with van der Waals surface area (Å²) in [5.41, 5.74) is 22.9. The number of nitrogens with one attached hydrogen (secondary N) is 6. The molecule has 0 unspecified atom stereocenters. The van der Waals surface area contributed by atoms with Gasteiger partial charge >= 0.3 is 12.1 Å². The molecule has 4 aromatic carbocycles. The first-order chi connectivity index (χ1) is 55.3. The van der Waals surface area contributed by atoms with Crippen LogP contribution in [0, 0.1) is 11.8 Å². The van der Waals surface area contributed by atoms with Crippen molar-refractivity contribution in [1.29, 1.82) is 0 Å². The Labute approximate surface area is 667 Å². The minimum atomic E-state index is -1.13. The minimum Gasteiger partial charge on any atom is -0.478 e. The molecule has 4 fully saturated rings. The van der Waals surface area contributed by atoms with Crippen molar-refractivity contribution in [2.75, 3.05) is 63.2 Å². The number of nitrogens with two attached hydrogens (primary N) is 1. The smallest absolute Gasteiger partial charge is 0.410 e. The summed E-state index contributed by atoms with van der Waals surface area (Å²) in [7, 11) is 0. The van der Waals surface area contributed by atoms with Gasteiger partial charge in [-0.15, -0.1) is 0 Å². The number of aromatic carboxylic acids is 1. The van der Waals surface area contributed by atoms with Gasteiger partial charge in [0.2, 0.25) is 0 Å². The third-order valence-corrected chi connectivity index (χ3v) is 21.6. The van der Waals surface area contributed by atoms with Gasteiger partial charge in [-0.25, -0.2) is 28.9 Å². The highest BCUT2D eigenvalue weighted by Crippen LogP contribution is 2.35. The lowest BCUT2D eigenvalue weighted by Gasteiger charge is -2.33. The Morgan fingerprint density at radius 1 is 0.518 bits per heavy atom. The molecule has 6 aromatic heterocycles. The van der Waals surface area contributed by atoms with Crippen LogP contribution in [0.1, 0.15) is 186 Å². The summed E-state index contributed by atoms with van der Waals surface area (Å²) in [5.74, 6) is -0.803. The number of hydrogen-bond donors (Lipinski definition) is 8. The summed E-state index contributed by atoms with van der Waals surface area (Å²) in [5, 5.41) is 40.0. The minimum absolute atomic E-state index is 0.0335. The molecule has 0 bridgehead atoms. The molecular formula is C89H110N16O9. The predicted octanol–water partition coefficient (Wildman–Crippen LogP) is 13.7. The molecule has 10 aromatic rings. The van der Waals surface area contributed by atoms with Gasteiger partial charge in [-0.3, -0.25) is 24.4 Å². The Balaban J connectivity index is 0.000000169. The zero-order valence-electron chi connectivity index (χ0n) is 66.9.